The lowest BCUT2D eigenvalue weighted by molar-refractivity contribution is -0.118. The standard InChI is InChI=1S/C21H16ClN5OS2/c22-16-8-10-17(11-9-16)27-20(15-5-2-1-3-6-15)25-26-21(27)30-14-19(28)24-23-13-18-7-4-12-29-18/h1-13H,14H2,(H,24,28)/b23-13-. The summed E-state index contributed by atoms with van der Waals surface area (Å²) >= 11 is 8.89. The first-order valence-corrected chi connectivity index (χ1v) is 11.2. The van der Waals surface area contributed by atoms with Crippen molar-refractivity contribution in [1.82, 2.24) is 20.2 Å². The summed E-state index contributed by atoms with van der Waals surface area (Å²) in [5.41, 5.74) is 4.33. The van der Waals surface area contributed by atoms with E-state index in [0.29, 0.717) is 16.0 Å². The van der Waals surface area contributed by atoms with E-state index in [1.54, 1.807) is 17.6 Å². The van der Waals surface area contributed by atoms with E-state index < -0.39 is 0 Å². The van der Waals surface area contributed by atoms with Crippen LogP contribution >= 0.6 is 34.7 Å². The van der Waals surface area contributed by atoms with Gasteiger partial charge >= 0.3 is 0 Å². The van der Waals surface area contributed by atoms with E-state index >= 15 is 0 Å². The van der Waals surface area contributed by atoms with Gasteiger partial charge in [-0.2, -0.15) is 5.10 Å². The molecule has 0 aliphatic carbocycles. The second-order valence-electron chi connectivity index (χ2n) is 6.08. The number of aromatic nitrogens is 3. The fraction of sp³-hybridized carbons (Fsp3) is 0.0476. The summed E-state index contributed by atoms with van der Waals surface area (Å²) in [6, 6.07) is 21.0. The molecule has 4 rings (SSSR count). The lowest BCUT2D eigenvalue weighted by Crippen LogP contribution is -2.19. The molecule has 6 nitrogen and oxygen atoms in total. The van der Waals surface area contributed by atoms with Crippen LogP contribution in [-0.4, -0.2) is 32.6 Å². The predicted octanol–water partition coefficient (Wildman–Crippen LogP) is 4.89. The van der Waals surface area contributed by atoms with Gasteiger partial charge in [0, 0.05) is 21.2 Å². The molecule has 2 aromatic heterocycles. The Hall–Kier alpha value is -2.94. The van der Waals surface area contributed by atoms with Crippen LogP contribution in [0.5, 0.6) is 0 Å². The number of thiophene rings is 1. The molecule has 30 heavy (non-hydrogen) atoms. The van der Waals surface area contributed by atoms with Gasteiger partial charge in [-0.15, -0.1) is 21.5 Å². The van der Waals surface area contributed by atoms with Crippen molar-refractivity contribution in [1.29, 1.82) is 0 Å². The van der Waals surface area contributed by atoms with Gasteiger partial charge in [0.15, 0.2) is 11.0 Å². The van der Waals surface area contributed by atoms with Gasteiger partial charge in [-0.3, -0.25) is 9.36 Å². The first-order chi connectivity index (χ1) is 14.7. The maximum absolute atomic E-state index is 12.2. The lowest BCUT2D eigenvalue weighted by atomic mass is 10.2. The van der Waals surface area contributed by atoms with Gasteiger partial charge in [0.2, 0.25) is 0 Å². The third-order valence-corrected chi connectivity index (χ3v) is 5.99. The van der Waals surface area contributed by atoms with E-state index in [1.807, 2.05) is 76.7 Å². The number of nitrogens with one attached hydrogen (secondary N) is 1. The van der Waals surface area contributed by atoms with E-state index in [-0.39, 0.29) is 11.7 Å². The number of benzene rings is 2. The van der Waals surface area contributed by atoms with E-state index in [2.05, 4.69) is 20.7 Å². The van der Waals surface area contributed by atoms with Crippen LogP contribution in [0.1, 0.15) is 4.88 Å². The molecule has 9 heteroatoms. The van der Waals surface area contributed by atoms with E-state index in [0.717, 1.165) is 16.1 Å². The molecule has 0 saturated carbocycles. The first kappa shape index (κ1) is 20.3. The van der Waals surface area contributed by atoms with Gasteiger partial charge in [0.25, 0.3) is 5.91 Å². The molecular formula is C21H16ClN5OS2. The molecule has 4 aromatic rings. The lowest BCUT2D eigenvalue weighted by Gasteiger charge is -2.10. The van der Waals surface area contributed by atoms with Crippen molar-refractivity contribution in [3.8, 4) is 17.1 Å². The Morgan fingerprint density at radius 2 is 1.90 bits per heavy atom. The third kappa shape index (κ3) is 4.96. The third-order valence-electron chi connectivity index (χ3n) is 4.01. The summed E-state index contributed by atoms with van der Waals surface area (Å²) in [4.78, 5) is 13.2. The maximum Gasteiger partial charge on any atom is 0.250 e. The van der Waals surface area contributed by atoms with Crippen molar-refractivity contribution in [3.63, 3.8) is 0 Å². The molecule has 0 saturated heterocycles. The monoisotopic (exact) mass is 453 g/mol. The zero-order chi connectivity index (χ0) is 20.8. The molecule has 150 valence electrons. The average Bonchev–Trinajstić information content (AvgIpc) is 3.43. The summed E-state index contributed by atoms with van der Waals surface area (Å²) in [5.74, 6) is 0.624. The van der Waals surface area contributed by atoms with Gasteiger partial charge < -0.3 is 0 Å². The van der Waals surface area contributed by atoms with E-state index in [4.69, 9.17) is 11.6 Å². The molecule has 0 fully saturated rings. The molecule has 2 heterocycles. The fourth-order valence-electron chi connectivity index (χ4n) is 2.66. The van der Waals surface area contributed by atoms with Gasteiger partial charge in [0.1, 0.15) is 0 Å². The molecule has 1 amide bonds. The SMILES string of the molecule is O=C(CSc1nnc(-c2ccccc2)n1-c1ccc(Cl)cc1)N/N=C\c1cccs1. The number of carbonyl (C=O) groups is 1. The Bertz CT molecular complexity index is 1140. The predicted molar refractivity (Wildman–Crippen MR) is 123 cm³/mol. The van der Waals surface area contributed by atoms with Gasteiger partial charge in [-0.25, -0.2) is 5.43 Å². The van der Waals surface area contributed by atoms with Crippen molar-refractivity contribution in [2.75, 3.05) is 5.75 Å². The van der Waals surface area contributed by atoms with E-state index in [9.17, 15) is 4.79 Å². The number of rotatable bonds is 7. The maximum atomic E-state index is 12.2. The van der Waals surface area contributed by atoms with Crippen LogP contribution in [0.3, 0.4) is 0 Å². The van der Waals surface area contributed by atoms with Crippen LogP contribution in [0.4, 0.5) is 0 Å². The largest absolute Gasteiger partial charge is 0.272 e. The average molecular weight is 454 g/mol. The van der Waals surface area contributed by atoms with Gasteiger partial charge in [-0.1, -0.05) is 59.8 Å². The van der Waals surface area contributed by atoms with Crippen LogP contribution < -0.4 is 5.43 Å². The zero-order valence-corrected chi connectivity index (χ0v) is 18.0. The minimum atomic E-state index is -0.222. The summed E-state index contributed by atoms with van der Waals surface area (Å²) in [6.07, 6.45) is 1.62. The molecule has 0 aliphatic rings. The Balaban J connectivity index is 1.53. The summed E-state index contributed by atoms with van der Waals surface area (Å²) in [7, 11) is 0. The molecule has 0 unspecified atom stereocenters. The number of carbonyl (C=O) groups excluding carboxylic acids is 1. The summed E-state index contributed by atoms with van der Waals surface area (Å²) in [6.45, 7) is 0. The van der Waals surface area contributed by atoms with Gasteiger partial charge in [-0.05, 0) is 35.7 Å². The number of hydrazone groups is 1. The highest BCUT2D eigenvalue weighted by molar-refractivity contribution is 7.99. The van der Waals surface area contributed by atoms with Crippen molar-refractivity contribution >= 4 is 46.8 Å². The molecular weight excluding hydrogens is 438 g/mol. The van der Waals surface area contributed by atoms with Crippen LogP contribution in [-0.2, 0) is 4.79 Å². The highest BCUT2D eigenvalue weighted by Gasteiger charge is 2.17. The number of hydrogen-bond acceptors (Lipinski definition) is 6. The number of amides is 1. The van der Waals surface area contributed by atoms with Crippen molar-refractivity contribution in [3.05, 3.63) is 82.0 Å². The van der Waals surface area contributed by atoms with Crippen molar-refractivity contribution < 1.29 is 4.79 Å². The first-order valence-electron chi connectivity index (χ1n) is 8.96. The van der Waals surface area contributed by atoms with Crippen LogP contribution in [0.2, 0.25) is 5.02 Å². The molecule has 0 bridgehead atoms. The number of halogens is 1. The number of thioether (sulfide) groups is 1. The second kappa shape index (κ2) is 9.71. The van der Waals surface area contributed by atoms with Crippen LogP contribution in [0, 0.1) is 0 Å². The van der Waals surface area contributed by atoms with Gasteiger partial charge in [0.05, 0.1) is 12.0 Å². The molecule has 0 aliphatic heterocycles. The van der Waals surface area contributed by atoms with Crippen LogP contribution in [0.15, 0.2) is 82.4 Å². The van der Waals surface area contributed by atoms with Crippen molar-refractivity contribution in [2.45, 2.75) is 5.16 Å². The smallest absolute Gasteiger partial charge is 0.250 e. The quantitative estimate of drug-likeness (QED) is 0.245. The minimum absolute atomic E-state index is 0.155. The highest BCUT2D eigenvalue weighted by atomic mass is 35.5. The molecule has 2 aromatic carbocycles. The number of hydrogen-bond donors (Lipinski definition) is 1. The summed E-state index contributed by atoms with van der Waals surface area (Å²) < 4.78 is 1.92. The Morgan fingerprint density at radius 1 is 1.10 bits per heavy atom. The molecule has 0 atom stereocenters. The fourth-order valence-corrected chi connectivity index (χ4v) is 4.11. The number of nitrogens with zero attached hydrogens (tertiary/aromatic N) is 4. The normalized spacial score (nSPS) is 11.1. The minimum Gasteiger partial charge on any atom is -0.272 e. The molecule has 0 radical (unpaired) electrons. The van der Waals surface area contributed by atoms with E-state index in [1.165, 1.54) is 11.8 Å². The zero-order valence-electron chi connectivity index (χ0n) is 15.6. The Morgan fingerprint density at radius 3 is 2.63 bits per heavy atom. The Kier molecular flexibility index (Phi) is 6.58. The molecule has 0 spiro atoms. The van der Waals surface area contributed by atoms with Crippen molar-refractivity contribution in [2.24, 2.45) is 5.10 Å². The second-order valence-corrected chi connectivity index (χ2v) is 8.44. The molecule has 1 N–H and O–H groups in total. The summed E-state index contributed by atoms with van der Waals surface area (Å²) in [5, 5.41) is 15.9. The Labute approximate surface area is 186 Å². The topological polar surface area (TPSA) is 72.2 Å². The van der Waals surface area contributed by atoms with Crippen LogP contribution in [0.25, 0.3) is 17.1 Å². The highest BCUT2D eigenvalue weighted by Crippen LogP contribution is 2.28.